The van der Waals surface area contributed by atoms with E-state index in [0.29, 0.717) is 6.61 Å². The fourth-order valence-corrected chi connectivity index (χ4v) is 1.25. The van der Waals surface area contributed by atoms with E-state index in [1.165, 1.54) is 7.11 Å². The van der Waals surface area contributed by atoms with E-state index in [2.05, 4.69) is 12.6 Å². The van der Waals surface area contributed by atoms with Gasteiger partial charge in [-0.2, -0.15) is 12.6 Å². The number of hydrogen-bond donors (Lipinski definition) is 3. The van der Waals surface area contributed by atoms with E-state index in [4.69, 9.17) is 9.47 Å². The van der Waals surface area contributed by atoms with Gasteiger partial charge in [-0.15, -0.1) is 0 Å². The van der Waals surface area contributed by atoms with Crippen LogP contribution in [0.25, 0.3) is 0 Å². The summed E-state index contributed by atoms with van der Waals surface area (Å²) in [5, 5.41) is 18.2. The first-order valence-corrected chi connectivity index (χ1v) is 3.87. The number of rotatable bonds is 1. The van der Waals surface area contributed by atoms with Crippen molar-refractivity contribution in [3.8, 4) is 0 Å². The molecule has 0 aromatic rings. The lowest BCUT2D eigenvalue weighted by Gasteiger charge is -2.34. The summed E-state index contributed by atoms with van der Waals surface area (Å²) in [6.07, 6.45) is -2.61. The lowest BCUT2D eigenvalue weighted by molar-refractivity contribution is -0.229. The Morgan fingerprint density at radius 2 is 2.09 bits per heavy atom. The van der Waals surface area contributed by atoms with Gasteiger partial charge in [0.25, 0.3) is 0 Å². The van der Waals surface area contributed by atoms with Gasteiger partial charge in [-0.05, 0) is 0 Å². The molecule has 5 heteroatoms. The van der Waals surface area contributed by atoms with Crippen molar-refractivity contribution in [2.75, 3.05) is 13.7 Å². The highest BCUT2D eigenvalue weighted by atomic mass is 32.1. The molecule has 0 spiro atoms. The van der Waals surface area contributed by atoms with E-state index >= 15 is 0 Å². The number of hydrogen-bond acceptors (Lipinski definition) is 5. The first-order chi connectivity index (χ1) is 5.16. The van der Waals surface area contributed by atoms with Crippen LogP contribution in [0.5, 0.6) is 0 Å². The zero-order valence-electron chi connectivity index (χ0n) is 6.17. The molecule has 2 unspecified atom stereocenters. The Bertz CT molecular complexity index is 130. The molecule has 1 rings (SSSR count). The quantitative estimate of drug-likeness (QED) is 0.453. The molecular formula is C6H12O4S. The number of thiol groups is 1. The summed E-state index contributed by atoms with van der Waals surface area (Å²) in [5.74, 6) is 0. The van der Waals surface area contributed by atoms with Crippen LogP contribution in [-0.2, 0) is 9.47 Å². The summed E-state index contributed by atoms with van der Waals surface area (Å²) in [4.78, 5) is 0. The molecule has 1 aliphatic heterocycles. The second-order valence-electron chi connectivity index (χ2n) is 2.49. The number of aliphatic hydroxyl groups is 2. The largest absolute Gasteiger partial charge is 0.389 e. The van der Waals surface area contributed by atoms with Crippen LogP contribution in [0.15, 0.2) is 0 Å². The van der Waals surface area contributed by atoms with Crippen LogP contribution in [-0.4, -0.2) is 47.7 Å². The van der Waals surface area contributed by atoms with E-state index in [-0.39, 0.29) is 5.25 Å². The normalized spacial score (nSPS) is 45.8. The minimum Gasteiger partial charge on any atom is -0.389 e. The molecule has 11 heavy (non-hydrogen) atoms. The molecule has 0 bridgehead atoms. The molecular weight excluding hydrogens is 168 g/mol. The van der Waals surface area contributed by atoms with Crippen molar-refractivity contribution in [1.29, 1.82) is 0 Å². The lowest BCUT2D eigenvalue weighted by atomic mass is 10.1. The molecule has 0 saturated carbocycles. The average Bonchev–Trinajstić information content (AvgIpc) is 2.01. The summed E-state index contributed by atoms with van der Waals surface area (Å²) in [6, 6.07) is 0. The van der Waals surface area contributed by atoms with Gasteiger partial charge in [0.1, 0.15) is 6.10 Å². The van der Waals surface area contributed by atoms with Gasteiger partial charge in [0.2, 0.25) is 0 Å². The minimum atomic E-state index is -1.00. The van der Waals surface area contributed by atoms with E-state index in [1.54, 1.807) is 0 Å². The summed E-state index contributed by atoms with van der Waals surface area (Å²) < 4.78 is 9.77. The molecule has 0 aromatic carbocycles. The van der Waals surface area contributed by atoms with E-state index in [9.17, 15) is 10.2 Å². The smallest absolute Gasteiger partial charge is 0.185 e. The first kappa shape index (κ1) is 9.28. The minimum absolute atomic E-state index is 0.292. The molecule has 4 atom stereocenters. The summed E-state index contributed by atoms with van der Waals surface area (Å²) >= 11 is 4.00. The highest BCUT2D eigenvalue weighted by molar-refractivity contribution is 7.81. The summed E-state index contributed by atoms with van der Waals surface area (Å²) in [6.45, 7) is 0.292. The number of aliphatic hydroxyl groups excluding tert-OH is 2. The van der Waals surface area contributed by atoms with Crippen LogP contribution in [0, 0.1) is 0 Å². The average molecular weight is 180 g/mol. The Balaban J connectivity index is 2.52. The van der Waals surface area contributed by atoms with Crippen LogP contribution in [0.3, 0.4) is 0 Å². The maximum Gasteiger partial charge on any atom is 0.185 e. The predicted molar refractivity (Wildman–Crippen MR) is 41.5 cm³/mol. The van der Waals surface area contributed by atoms with Gasteiger partial charge in [0, 0.05) is 7.11 Å². The Kier molecular flexibility index (Phi) is 3.15. The van der Waals surface area contributed by atoms with Crippen molar-refractivity contribution in [3.05, 3.63) is 0 Å². The van der Waals surface area contributed by atoms with Gasteiger partial charge >= 0.3 is 0 Å². The standard InChI is InChI=1S/C6H12O4S/c1-9-6-5(8)4(7)3(11)2-10-6/h3-8,11H,2H2,1H3/t3-,4?,5?,6+/m1/s1. The maximum atomic E-state index is 9.26. The molecule has 0 aliphatic carbocycles. The molecule has 1 heterocycles. The summed E-state index contributed by atoms with van der Waals surface area (Å²) in [7, 11) is 1.42. The third-order valence-corrected chi connectivity index (χ3v) is 2.14. The molecule has 0 aromatic heterocycles. The Morgan fingerprint density at radius 1 is 1.45 bits per heavy atom. The predicted octanol–water partition coefficient (Wildman–Crippen LogP) is -0.991. The fraction of sp³-hybridized carbons (Fsp3) is 1.00. The van der Waals surface area contributed by atoms with Gasteiger partial charge in [-0.1, -0.05) is 0 Å². The van der Waals surface area contributed by atoms with E-state index < -0.39 is 18.5 Å². The zero-order valence-corrected chi connectivity index (χ0v) is 7.07. The van der Waals surface area contributed by atoms with Crippen LogP contribution in [0.4, 0.5) is 0 Å². The molecule has 2 N–H and O–H groups in total. The van der Waals surface area contributed by atoms with Crippen LogP contribution in [0.1, 0.15) is 0 Å². The monoisotopic (exact) mass is 180 g/mol. The van der Waals surface area contributed by atoms with Crippen molar-refractivity contribution in [3.63, 3.8) is 0 Å². The summed E-state index contributed by atoms with van der Waals surface area (Å²) in [5.41, 5.74) is 0. The highest BCUT2D eigenvalue weighted by Crippen LogP contribution is 2.19. The molecule has 1 saturated heterocycles. The van der Waals surface area contributed by atoms with Crippen molar-refractivity contribution >= 4 is 12.6 Å². The molecule has 1 aliphatic rings. The number of ether oxygens (including phenoxy) is 2. The Morgan fingerprint density at radius 3 is 2.64 bits per heavy atom. The Hall–Kier alpha value is 0.190. The molecule has 0 amide bonds. The first-order valence-electron chi connectivity index (χ1n) is 3.35. The maximum absolute atomic E-state index is 9.26. The van der Waals surface area contributed by atoms with Crippen molar-refractivity contribution in [2.45, 2.75) is 23.7 Å². The van der Waals surface area contributed by atoms with Crippen molar-refractivity contribution < 1.29 is 19.7 Å². The molecule has 1 fully saturated rings. The molecule has 4 nitrogen and oxygen atoms in total. The van der Waals surface area contributed by atoms with Gasteiger partial charge in [0.05, 0.1) is 18.0 Å². The highest BCUT2D eigenvalue weighted by Gasteiger charge is 2.36. The van der Waals surface area contributed by atoms with Gasteiger partial charge in [-0.25, -0.2) is 0 Å². The third kappa shape index (κ3) is 1.86. The Labute approximate surface area is 70.5 Å². The fourth-order valence-electron chi connectivity index (χ4n) is 0.987. The van der Waals surface area contributed by atoms with Crippen LogP contribution >= 0.6 is 12.6 Å². The van der Waals surface area contributed by atoms with Crippen LogP contribution < -0.4 is 0 Å². The van der Waals surface area contributed by atoms with E-state index in [0.717, 1.165) is 0 Å². The van der Waals surface area contributed by atoms with Crippen molar-refractivity contribution in [1.82, 2.24) is 0 Å². The van der Waals surface area contributed by atoms with Crippen molar-refractivity contribution in [2.24, 2.45) is 0 Å². The van der Waals surface area contributed by atoms with Crippen LogP contribution in [0.2, 0.25) is 0 Å². The SMILES string of the molecule is CO[C@H]1OC[C@@H](S)C(O)C1O. The zero-order chi connectivity index (χ0) is 8.43. The topological polar surface area (TPSA) is 58.9 Å². The number of methoxy groups -OCH3 is 1. The van der Waals surface area contributed by atoms with Gasteiger partial charge in [0.15, 0.2) is 6.29 Å². The second-order valence-corrected chi connectivity index (χ2v) is 3.15. The third-order valence-electron chi connectivity index (χ3n) is 1.69. The van der Waals surface area contributed by atoms with E-state index in [1.807, 2.05) is 0 Å². The molecule has 66 valence electrons. The lowest BCUT2D eigenvalue weighted by Crippen LogP contribution is -2.51. The molecule has 0 radical (unpaired) electrons. The van der Waals surface area contributed by atoms with Gasteiger partial charge in [-0.3, -0.25) is 0 Å². The second kappa shape index (κ2) is 3.73. The van der Waals surface area contributed by atoms with Gasteiger partial charge < -0.3 is 19.7 Å².